The normalized spacial score (nSPS) is 14.6. The van der Waals surface area contributed by atoms with E-state index in [-0.39, 0.29) is 23.5 Å². The van der Waals surface area contributed by atoms with Crippen molar-refractivity contribution in [3.8, 4) is 5.69 Å². The summed E-state index contributed by atoms with van der Waals surface area (Å²) < 4.78 is 2.79. The average Bonchev–Trinajstić information content (AvgIpc) is 3.27. The zero-order valence-electron chi connectivity index (χ0n) is 18.0. The Morgan fingerprint density at radius 3 is 2.48 bits per heavy atom. The Labute approximate surface area is 195 Å². The second kappa shape index (κ2) is 9.15. The lowest BCUT2D eigenvalue weighted by Gasteiger charge is -2.32. The van der Waals surface area contributed by atoms with Gasteiger partial charge in [0.2, 0.25) is 5.91 Å². The number of fused-ring (bicyclic) bond motifs is 1. The van der Waals surface area contributed by atoms with Crippen LogP contribution in [0.5, 0.6) is 0 Å². The van der Waals surface area contributed by atoms with Gasteiger partial charge in [-0.1, -0.05) is 47.1 Å². The predicted molar refractivity (Wildman–Crippen MR) is 125 cm³/mol. The van der Waals surface area contributed by atoms with E-state index in [9.17, 15) is 9.59 Å². The van der Waals surface area contributed by atoms with Crippen molar-refractivity contribution >= 4 is 28.7 Å². The number of hydrogen-bond donors (Lipinski definition) is 0. The second-order valence-corrected chi connectivity index (χ2v) is 8.78. The summed E-state index contributed by atoms with van der Waals surface area (Å²) in [5, 5.41) is 8.67. The third-order valence-corrected chi connectivity index (χ3v) is 6.39. The van der Waals surface area contributed by atoms with E-state index in [4.69, 9.17) is 11.6 Å². The van der Waals surface area contributed by atoms with Gasteiger partial charge >= 0.3 is 0 Å². The van der Waals surface area contributed by atoms with Crippen molar-refractivity contribution < 1.29 is 4.79 Å². The SMILES string of the molecule is O=C(Cn1cnc2c(nnn2-c2ccc(Cl)cc2)c1=O)N1CCC(Cc2ccccc2)CC1. The molecular formula is C24H23ClN6O2. The summed E-state index contributed by atoms with van der Waals surface area (Å²) in [7, 11) is 0. The number of nitrogens with zero attached hydrogens (tertiary/aromatic N) is 6. The maximum atomic E-state index is 12.9. The highest BCUT2D eigenvalue weighted by Crippen LogP contribution is 2.22. The Morgan fingerprint density at radius 1 is 1.03 bits per heavy atom. The van der Waals surface area contributed by atoms with Gasteiger partial charge in [0, 0.05) is 18.1 Å². The minimum absolute atomic E-state index is 0.0566. The fraction of sp³-hybridized carbons (Fsp3) is 0.292. The highest BCUT2D eigenvalue weighted by molar-refractivity contribution is 6.30. The molecule has 0 unspecified atom stereocenters. The number of halogens is 1. The van der Waals surface area contributed by atoms with E-state index in [1.807, 2.05) is 11.0 Å². The number of piperidine rings is 1. The molecule has 1 saturated heterocycles. The first-order valence-corrected chi connectivity index (χ1v) is 11.3. The van der Waals surface area contributed by atoms with Gasteiger partial charge in [-0.05, 0) is 55.0 Å². The van der Waals surface area contributed by atoms with Crippen molar-refractivity contribution in [3.63, 3.8) is 0 Å². The maximum Gasteiger partial charge on any atom is 0.284 e. The van der Waals surface area contributed by atoms with Gasteiger partial charge in [0.05, 0.1) is 5.69 Å². The van der Waals surface area contributed by atoms with E-state index >= 15 is 0 Å². The Kier molecular flexibility index (Phi) is 5.92. The van der Waals surface area contributed by atoms with Crippen LogP contribution in [0.15, 0.2) is 65.7 Å². The summed E-state index contributed by atoms with van der Waals surface area (Å²) in [6.45, 7) is 1.35. The molecule has 1 aliphatic rings. The summed E-state index contributed by atoms with van der Waals surface area (Å²) in [6.07, 6.45) is 4.34. The molecule has 0 N–H and O–H groups in total. The van der Waals surface area contributed by atoms with Crippen LogP contribution in [-0.4, -0.2) is 48.4 Å². The van der Waals surface area contributed by atoms with E-state index < -0.39 is 0 Å². The lowest BCUT2D eigenvalue weighted by atomic mass is 9.90. The quantitative estimate of drug-likeness (QED) is 0.455. The van der Waals surface area contributed by atoms with Gasteiger partial charge in [-0.25, -0.2) is 4.98 Å². The molecule has 4 aromatic rings. The first-order valence-electron chi connectivity index (χ1n) is 11.0. The number of likely N-dealkylation sites (tertiary alicyclic amines) is 1. The fourth-order valence-electron chi connectivity index (χ4n) is 4.29. The molecule has 1 amide bonds. The first-order chi connectivity index (χ1) is 16.1. The standard InChI is InChI=1S/C24H23ClN6O2/c25-19-6-8-20(9-7-19)31-23-22(27-28-31)24(33)30(16-26-23)15-21(32)29-12-10-18(11-13-29)14-17-4-2-1-3-5-17/h1-9,16,18H,10-15H2. The summed E-state index contributed by atoms with van der Waals surface area (Å²) in [5.41, 5.74) is 2.11. The predicted octanol–water partition coefficient (Wildman–Crippen LogP) is 3.11. The van der Waals surface area contributed by atoms with Crippen LogP contribution in [0.4, 0.5) is 0 Å². The van der Waals surface area contributed by atoms with Crippen LogP contribution in [0, 0.1) is 5.92 Å². The Bertz CT molecular complexity index is 1320. The smallest absolute Gasteiger partial charge is 0.284 e. The van der Waals surface area contributed by atoms with Crippen LogP contribution < -0.4 is 5.56 Å². The fourth-order valence-corrected chi connectivity index (χ4v) is 4.42. The molecular weight excluding hydrogens is 440 g/mol. The molecule has 1 aliphatic heterocycles. The minimum Gasteiger partial charge on any atom is -0.341 e. The second-order valence-electron chi connectivity index (χ2n) is 8.34. The molecule has 0 bridgehead atoms. The lowest BCUT2D eigenvalue weighted by molar-refractivity contribution is -0.133. The lowest BCUT2D eigenvalue weighted by Crippen LogP contribution is -2.42. The van der Waals surface area contributed by atoms with E-state index in [0.717, 1.165) is 19.3 Å². The van der Waals surface area contributed by atoms with Crippen molar-refractivity contribution in [1.29, 1.82) is 0 Å². The molecule has 9 heteroatoms. The Hall–Kier alpha value is -3.52. The van der Waals surface area contributed by atoms with Crippen molar-refractivity contribution in [3.05, 3.63) is 81.9 Å². The number of aromatic nitrogens is 5. The number of rotatable bonds is 5. The van der Waals surface area contributed by atoms with Crippen LogP contribution in [-0.2, 0) is 17.8 Å². The average molecular weight is 463 g/mol. The third-order valence-electron chi connectivity index (χ3n) is 6.14. The van der Waals surface area contributed by atoms with Gasteiger partial charge in [-0.2, -0.15) is 4.68 Å². The summed E-state index contributed by atoms with van der Waals surface area (Å²) in [4.78, 5) is 32.0. The first kappa shape index (κ1) is 21.3. The zero-order chi connectivity index (χ0) is 22.8. The molecule has 33 heavy (non-hydrogen) atoms. The van der Waals surface area contributed by atoms with Gasteiger partial charge in [0.15, 0.2) is 11.2 Å². The highest BCUT2D eigenvalue weighted by Gasteiger charge is 2.24. The van der Waals surface area contributed by atoms with Gasteiger partial charge in [0.1, 0.15) is 12.9 Å². The van der Waals surface area contributed by atoms with Crippen LogP contribution in [0.2, 0.25) is 5.02 Å². The van der Waals surface area contributed by atoms with E-state index in [0.29, 0.717) is 35.4 Å². The van der Waals surface area contributed by atoms with Gasteiger partial charge < -0.3 is 4.90 Å². The molecule has 0 spiro atoms. The third kappa shape index (κ3) is 4.52. The summed E-state index contributed by atoms with van der Waals surface area (Å²) >= 11 is 5.94. The molecule has 1 fully saturated rings. The van der Waals surface area contributed by atoms with Gasteiger partial charge in [0.25, 0.3) is 5.56 Å². The van der Waals surface area contributed by atoms with Crippen molar-refractivity contribution in [2.24, 2.45) is 5.92 Å². The molecule has 0 saturated carbocycles. The van der Waals surface area contributed by atoms with Crippen LogP contribution in [0.3, 0.4) is 0 Å². The van der Waals surface area contributed by atoms with E-state index in [1.165, 1.54) is 21.1 Å². The van der Waals surface area contributed by atoms with Crippen LogP contribution in [0.25, 0.3) is 16.9 Å². The molecule has 8 nitrogen and oxygen atoms in total. The van der Waals surface area contributed by atoms with E-state index in [1.54, 1.807) is 24.3 Å². The van der Waals surface area contributed by atoms with Crippen molar-refractivity contribution in [2.45, 2.75) is 25.8 Å². The molecule has 2 aromatic carbocycles. The van der Waals surface area contributed by atoms with Crippen molar-refractivity contribution in [1.82, 2.24) is 29.4 Å². The Balaban J connectivity index is 1.26. The highest BCUT2D eigenvalue weighted by atomic mass is 35.5. The number of benzene rings is 2. The number of hydrogen-bond acceptors (Lipinski definition) is 5. The van der Waals surface area contributed by atoms with Crippen LogP contribution >= 0.6 is 11.6 Å². The summed E-state index contributed by atoms with van der Waals surface area (Å²) in [6, 6.07) is 17.4. The van der Waals surface area contributed by atoms with Gasteiger partial charge in [-0.3, -0.25) is 14.2 Å². The minimum atomic E-state index is -0.382. The molecule has 2 aromatic heterocycles. The molecule has 5 rings (SSSR count). The topological polar surface area (TPSA) is 85.9 Å². The molecule has 168 valence electrons. The molecule has 0 radical (unpaired) electrons. The molecule has 0 atom stereocenters. The van der Waals surface area contributed by atoms with Crippen molar-refractivity contribution in [2.75, 3.05) is 13.1 Å². The maximum absolute atomic E-state index is 12.9. The zero-order valence-corrected chi connectivity index (χ0v) is 18.7. The number of amides is 1. The number of carbonyl (C=O) groups is 1. The Morgan fingerprint density at radius 2 is 1.76 bits per heavy atom. The summed E-state index contributed by atoms with van der Waals surface area (Å²) in [5.74, 6) is 0.488. The van der Waals surface area contributed by atoms with E-state index in [2.05, 4.69) is 39.6 Å². The molecule has 0 aliphatic carbocycles. The number of carbonyl (C=O) groups excluding carboxylic acids is 1. The monoisotopic (exact) mass is 462 g/mol. The van der Waals surface area contributed by atoms with Gasteiger partial charge in [-0.15, -0.1) is 5.10 Å². The largest absolute Gasteiger partial charge is 0.341 e. The van der Waals surface area contributed by atoms with Crippen LogP contribution in [0.1, 0.15) is 18.4 Å². The molecule has 3 heterocycles.